The highest BCUT2D eigenvalue weighted by Crippen LogP contribution is 2.35. The molecule has 7 heteroatoms. The highest BCUT2D eigenvalue weighted by Gasteiger charge is 2.33. The van der Waals surface area contributed by atoms with Crippen molar-refractivity contribution in [2.24, 2.45) is 5.92 Å². The van der Waals surface area contributed by atoms with Crippen LogP contribution in [0.25, 0.3) is 11.1 Å². The number of pyridine rings is 1. The second-order valence-corrected chi connectivity index (χ2v) is 6.59. The summed E-state index contributed by atoms with van der Waals surface area (Å²) in [6.45, 7) is 2.86. The number of hydrogen-bond donors (Lipinski definition) is 1. The molecule has 2 aliphatic rings. The van der Waals surface area contributed by atoms with E-state index in [-0.39, 0.29) is 5.75 Å². The van der Waals surface area contributed by atoms with Crippen LogP contribution in [0.5, 0.6) is 5.75 Å². The lowest BCUT2D eigenvalue weighted by atomic mass is 9.99. The van der Waals surface area contributed by atoms with Crippen molar-refractivity contribution in [3.05, 3.63) is 42.7 Å². The number of ether oxygens (including phenoxy) is 1. The fourth-order valence-electron chi connectivity index (χ4n) is 3.71. The van der Waals surface area contributed by atoms with E-state index < -0.39 is 6.36 Å². The third-order valence-electron chi connectivity index (χ3n) is 4.75. The fourth-order valence-corrected chi connectivity index (χ4v) is 3.71. The molecule has 3 heterocycles. The number of benzene rings is 1. The van der Waals surface area contributed by atoms with Crippen molar-refractivity contribution in [2.75, 3.05) is 24.5 Å². The smallest absolute Gasteiger partial charge is 0.405 e. The van der Waals surface area contributed by atoms with Gasteiger partial charge in [-0.25, -0.2) is 0 Å². The monoisotopic (exact) mass is 349 g/mol. The summed E-state index contributed by atoms with van der Waals surface area (Å²) in [6, 6.07) is 8.51. The molecule has 0 spiro atoms. The molecule has 0 amide bonds. The Morgan fingerprint density at radius 1 is 1.16 bits per heavy atom. The van der Waals surface area contributed by atoms with Crippen LogP contribution in [0.4, 0.5) is 18.9 Å². The summed E-state index contributed by atoms with van der Waals surface area (Å²) >= 11 is 0. The number of para-hydroxylation sites is 1. The lowest BCUT2D eigenvalue weighted by molar-refractivity contribution is -0.274. The molecule has 4 nitrogen and oxygen atoms in total. The van der Waals surface area contributed by atoms with E-state index in [0.29, 0.717) is 23.1 Å². The van der Waals surface area contributed by atoms with Crippen molar-refractivity contribution >= 4 is 5.69 Å². The van der Waals surface area contributed by atoms with Crippen LogP contribution in [0, 0.1) is 5.92 Å². The summed E-state index contributed by atoms with van der Waals surface area (Å²) in [5.74, 6) is 0.401. The molecule has 1 N–H and O–H groups in total. The van der Waals surface area contributed by atoms with Crippen molar-refractivity contribution in [3.8, 4) is 16.9 Å². The molecule has 1 aromatic carbocycles. The molecule has 2 fully saturated rings. The Bertz CT molecular complexity index is 753. The second kappa shape index (κ2) is 6.22. The number of alkyl halides is 3. The maximum atomic E-state index is 12.6. The lowest BCUT2D eigenvalue weighted by Gasteiger charge is -2.33. The van der Waals surface area contributed by atoms with Crippen LogP contribution in [0.3, 0.4) is 0 Å². The minimum Gasteiger partial charge on any atom is -0.405 e. The second-order valence-electron chi connectivity index (χ2n) is 6.59. The number of piperidine rings is 1. The molecular formula is C18H18F3N3O. The Balaban J connectivity index is 1.64. The van der Waals surface area contributed by atoms with Crippen molar-refractivity contribution in [3.63, 3.8) is 0 Å². The van der Waals surface area contributed by atoms with E-state index >= 15 is 0 Å². The van der Waals surface area contributed by atoms with Crippen LogP contribution in [-0.2, 0) is 0 Å². The third kappa shape index (κ3) is 3.56. The van der Waals surface area contributed by atoms with Crippen molar-refractivity contribution in [1.29, 1.82) is 0 Å². The van der Waals surface area contributed by atoms with Gasteiger partial charge in [-0.15, -0.1) is 13.2 Å². The number of rotatable bonds is 3. The summed E-state index contributed by atoms with van der Waals surface area (Å²) in [7, 11) is 0. The van der Waals surface area contributed by atoms with E-state index in [9.17, 15) is 13.2 Å². The van der Waals surface area contributed by atoms with Crippen LogP contribution < -0.4 is 15.0 Å². The maximum Gasteiger partial charge on any atom is 0.573 e. The predicted octanol–water partition coefficient (Wildman–Crippen LogP) is 3.45. The van der Waals surface area contributed by atoms with Crippen molar-refractivity contribution in [2.45, 2.75) is 18.8 Å². The minimum absolute atomic E-state index is 0.214. The number of fused-ring (bicyclic) bond motifs is 2. The van der Waals surface area contributed by atoms with Gasteiger partial charge in [0.1, 0.15) is 5.75 Å². The van der Waals surface area contributed by atoms with E-state index in [0.717, 1.165) is 25.3 Å². The van der Waals surface area contributed by atoms with Crippen LogP contribution in [0.15, 0.2) is 42.7 Å². The first-order valence-corrected chi connectivity index (χ1v) is 8.26. The van der Waals surface area contributed by atoms with E-state index in [1.54, 1.807) is 24.5 Å². The molecule has 1 aromatic heterocycles. The van der Waals surface area contributed by atoms with Crippen LogP contribution in [0.2, 0.25) is 0 Å². The molecule has 2 unspecified atom stereocenters. The van der Waals surface area contributed by atoms with Gasteiger partial charge in [-0.05, 0) is 24.5 Å². The number of hydrogen-bond acceptors (Lipinski definition) is 4. The number of halogens is 3. The zero-order valence-electron chi connectivity index (χ0n) is 13.5. The Labute approximate surface area is 143 Å². The first-order chi connectivity index (χ1) is 12.0. The van der Waals surface area contributed by atoms with Gasteiger partial charge in [-0.2, -0.15) is 0 Å². The first-order valence-electron chi connectivity index (χ1n) is 8.26. The summed E-state index contributed by atoms with van der Waals surface area (Å²) in [5.41, 5.74) is 1.92. The zero-order chi connectivity index (χ0) is 17.4. The topological polar surface area (TPSA) is 37.4 Å². The van der Waals surface area contributed by atoms with Crippen LogP contribution >= 0.6 is 0 Å². The quantitative estimate of drug-likeness (QED) is 0.921. The Morgan fingerprint density at radius 2 is 2.00 bits per heavy atom. The highest BCUT2D eigenvalue weighted by molar-refractivity contribution is 5.72. The van der Waals surface area contributed by atoms with E-state index in [1.807, 2.05) is 6.07 Å². The Kier molecular flexibility index (Phi) is 4.03. The van der Waals surface area contributed by atoms with Gasteiger partial charge in [-0.1, -0.05) is 18.2 Å². The largest absolute Gasteiger partial charge is 0.573 e. The standard InChI is InChI=1S/C18H18F3N3O/c19-18(20,21)25-17-4-2-1-3-16(17)13-6-15(9-22-8-13)24-10-12-5-14(11-24)23-7-12/h1-4,6,8-9,12,14,23H,5,7,10-11H2. The molecule has 132 valence electrons. The van der Waals surface area contributed by atoms with Gasteiger partial charge in [0.15, 0.2) is 0 Å². The molecule has 25 heavy (non-hydrogen) atoms. The normalized spacial score (nSPS) is 22.9. The van der Waals surface area contributed by atoms with Gasteiger partial charge in [0.25, 0.3) is 0 Å². The van der Waals surface area contributed by atoms with Crippen LogP contribution in [-0.4, -0.2) is 37.0 Å². The third-order valence-corrected chi connectivity index (χ3v) is 4.75. The van der Waals surface area contributed by atoms with Crippen molar-refractivity contribution in [1.82, 2.24) is 10.3 Å². The van der Waals surface area contributed by atoms with Crippen LogP contribution in [0.1, 0.15) is 6.42 Å². The molecule has 2 bridgehead atoms. The SMILES string of the molecule is FC(F)(F)Oc1ccccc1-c1cncc(N2CC3CNC(C3)C2)c1. The number of aromatic nitrogens is 1. The molecule has 2 saturated heterocycles. The van der Waals surface area contributed by atoms with Gasteiger partial charge in [0, 0.05) is 43.0 Å². The molecule has 4 rings (SSSR count). The van der Waals surface area contributed by atoms with Crippen molar-refractivity contribution < 1.29 is 17.9 Å². The summed E-state index contributed by atoms with van der Waals surface area (Å²) < 4.78 is 42.1. The maximum absolute atomic E-state index is 12.6. The van der Waals surface area contributed by atoms with Gasteiger partial charge >= 0.3 is 6.36 Å². The fraction of sp³-hybridized carbons (Fsp3) is 0.389. The highest BCUT2D eigenvalue weighted by atomic mass is 19.4. The average molecular weight is 349 g/mol. The molecule has 2 aromatic rings. The molecule has 2 aliphatic heterocycles. The average Bonchev–Trinajstić information content (AvgIpc) is 2.92. The van der Waals surface area contributed by atoms with Gasteiger partial charge < -0.3 is 15.0 Å². The van der Waals surface area contributed by atoms with E-state index in [1.165, 1.54) is 18.6 Å². The first kappa shape index (κ1) is 16.2. The molecule has 0 aliphatic carbocycles. The molecule has 0 saturated carbocycles. The van der Waals surface area contributed by atoms with Gasteiger partial charge in [-0.3, -0.25) is 4.98 Å². The summed E-state index contributed by atoms with van der Waals surface area (Å²) in [4.78, 5) is 6.50. The molecular weight excluding hydrogens is 331 g/mol. The molecule has 2 atom stereocenters. The number of anilines is 1. The van der Waals surface area contributed by atoms with E-state index in [2.05, 4.69) is 19.9 Å². The number of nitrogens with zero attached hydrogens (tertiary/aromatic N) is 2. The molecule has 0 radical (unpaired) electrons. The minimum atomic E-state index is -4.72. The summed E-state index contributed by atoms with van der Waals surface area (Å²) in [5, 5.41) is 3.49. The zero-order valence-corrected chi connectivity index (χ0v) is 13.5. The predicted molar refractivity (Wildman–Crippen MR) is 88.5 cm³/mol. The number of nitrogens with one attached hydrogen (secondary N) is 1. The lowest BCUT2D eigenvalue weighted by Crippen LogP contribution is -2.41. The van der Waals surface area contributed by atoms with Gasteiger partial charge in [0.2, 0.25) is 0 Å². The Hall–Kier alpha value is -2.28. The van der Waals surface area contributed by atoms with E-state index in [4.69, 9.17) is 0 Å². The summed E-state index contributed by atoms with van der Waals surface area (Å²) in [6.07, 6.45) is -0.203. The Morgan fingerprint density at radius 3 is 2.80 bits per heavy atom. The van der Waals surface area contributed by atoms with Gasteiger partial charge in [0.05, 0.1) is 11.9 Å².